The third-order valence-corrected chi connectivity index (χ3v) is 7.64. The van der Waals surface area contributed by atoms with E-state index in [4.69, 9.17) is 4.98 Å². The summed E-state index contributed by atoms with van der Waals surface area (Å²) in [5.74, 6) is 0.504. The molecule has 0 aliphatic carbocycles. The molecule has 4 aromatic carbocycles. The van der Waals surface area contributed by atoms with Crippen molar-refractivity contribution in [2.45, 2.75) is 19.8 Å². The number of hydrogen-bond donors (Lipinski definition) is 0. The molecule has 6 aromatic rings. The summed E-state index contributed by atoms with van der Waals surface area (Å²) in [5, 5.41) is 3.74. The van der Waals surface area contributed by atoms with E-state index < -0.39 is 0 Å². The minimum atomic E-state index is 0.504. The second-order valence-corrected chi connectivity index (χ2v) is 10.2. The second-order valence-electron chi connectivity index (χ2n) is 9.07. The van der Waals surface area contributed by atoms with Gasteiger partial charge in [-0.1, -0.05) is 92.7 Å². The van der Waals surface area contributed by atoms with Gasteiger partial charge in [-0.15, -0.1) is 11.3 Å². The first-order valence-corrected chi connectivity index (χ1v) is 12.6. The Morgan fingerprint density at radius 2 is 1.38 bits per heavy atom. The zero-order chi connectivity index (χ0) is 23.1. The van der Waals surface area contributed by atoms with Crippen LogP contribution in [-0.2, 0) is 0 Å². The van der Waals surface area contributed by atoms with Crippen molar-refractivity contribution >= 4 is 32.2 Å². The zero-order valence-electron chi connectivity index (χ0n) is 19.3. The summed E-state index contributed by atoms with van der Waals surface area (Å²) in [6.45, 7) is 4.48. The molecule has 0 N–H and O–H groups in total. The lowest BCUT2D eigenvalue weighted by atomic mass is 9.94. The SMILES string of the molecule is CC(C)c1ccc2c(-c3cc(-c4ccccc4)c4cc(-c5ccccc5)sc4c3)nccc2c1. The van der Waals surface area contributed by atoms with Crippen LogP contribution < -0.4 is 0 Å². The van der Waals surface area contributed by atoms with E-state index in [-0.39, 0.29) is 0 Å². The first-order chi connectivity index (χ1) is 16.7. The molecule has 2 aromatic heterocycles. The molecule has 2 heteroatoms. The Labute approximate surface area is 204 Å². The van der Waals surface area contributed by atoms with E-state index in [1.807, 2.05) is 17.5 Å². The van der Waals surface area contributed by atoms with E-state index in [9.17, 15) is 0 Å². The predicted octanol–water partition coefficient (Wildman–Crippen LogP) is 9.57. The van der Waals surface area contributed by atoms with Gasteiger partial charge >= 0.3 is 0 Å². The van der Waals surface area contributed by atoms with Crippen LogP contribution in [-0.4, -0.2) is 4.98 Å². The Bertz CT molecular complexity index is 1610. The van der Waals surface area contributed by atoms with Crippen molar-refractivity contribution in [1.29, 1.82) is 0 Å². The first kappa shape index (κ1) is 20.8. The Hall–Kier alpha value is -3.75. The highest BCUT2D eigenvalue weighted by atomic mass is 32.1. The molecule has 0 bridgehead atoms. The van der Waals surface area contributed by atoms with Gasteiger partial charge in [0.1, 0.15) is 0 Å². The molecule has 0 saturated heterocycles. The van der Waals surface area contributed by atoms with Gasteiger partial charge in [0.05, 0.1) is 5.69 Å². The molecule has 164 valence electrons. The molecular formula is C32H25NS. The van der Waals surface area contributed by atoms with Crippen LogP contribution in [0.5, 0.6) is 0 Å². The number of aromatic nitrogens is 1. The third kappa shape index (κ3) is 3.70. The van der Waals surface area contributed by atoms with Crippen LogP contribution >= 0.6 is 11.3 Å². The van der Waals surface area contributed by atoms with Gasteiger partial charge in [-0.05, 0) is 57.8 Å². The van der Waals surface area contributed by atoms with E-state index in [2.05, 4.69) is 117 Å². The molecule has 34 heavy (non-hydrogen) atoms. The lowest BCUT2D eigenvalue weighted by molar-refractivity contribution is 0.869. The van der Waals surface area contributed by atoms with Crippen LogP contribution in [0.15, 0.2) is 109 Å². The molecule has 0 saturated carbocycles. The molecule has 1 nitrogen and oxygen atoms in total. The molecule has 6 rings (SSSR count). The van der Waals surface area contributed by atoms with Gasteiger partial charge in [0.15, 0.2) is 0 Å². The molecule has 2 heterocycles. The Balaban J connectivity index is 1.60. The van der Waals surface area contributed by atoms with Gasteiger partial charge < -0.3 is 0 Å². The van der Waals surface area contributed by atoms with E-state index >= 15 is 0 Å². The maximum Gasteiger partial charge on any atom is 0.0780 e. The summed E-state index contributed by atoms with van der Waals surface area (Å²) in [6, 6.07) is 37.2. The summed E-state index contributed by atoms with van der Waals surface area (Å²) >= 11 is 1.85. The van der Waals surface area contributed by atoms with E-state index in [1.54, 1.807) is 0 Å². The van der Waals surface area contributed by atoms with Gasteiger partial charge in [-0.25, -0.2) is 0 Å². The van der Waals surface area contributed by atoms with Crippen molar-refractivity contribution in [2.75, 3.05) is 0 Å². The van der Waals surface area contributed by atoms with E-state index in [1.165, 1.54) is 48.0 Å². The summed E-state index contributed by atoms with van der Waals surface area (Å²) in [5.41, 5.74) is 7.31. The normalized spacial score (nSPS) is 11.5. The molecular weight excluding hydrogens is 430 g/mol. The summed E-state index contributed by atoms with van der Waals surface area (Å²) < 4.78 is 1.29. The van der Waals surface area contributed by atoms with Crippen molar-refractivity contribution < 1.29 is 0 Å². The van der Waals surface area contributed by atoms with Crippen molar-refractivity contribution in [3.05, 3.63) is 115 Å². The molecule has 0 aliphatic rings. The largest absolute Gasteiger partial charge is 0.256 e. The van der Waals surface area contributed by atoms with Crippen molar-refractivity contribution in [1.82, 2.24) is 4.98 Å². The number of hydrogen-bond acceptors (Lipinski definition) is 2. The van der Waals surface area contributed by atoms with Crippen LogP contribution in [0.25, 0.3) is 53.7 Å². The van der Waals surface area contributed by atoms with Crippen LogP contribution in [0.4, 0.5) is 0 Å². The molecule has 0 atom stereocenters. The molecule has 0 amide bonds. The Morgan fingerprint density at radius 3 is 2.12 bits per heavy atom. The topological polar surface area (TPSA) is 12.9 Å². The number of rotatable bonds is 4. The van der Waals surface area contributed by atoms with Gasteiger partial charge in [0.25, 0.3) is 0 Å². The monoisotopic (exact) mass is 455 g/mol. The number of thiophene rings is 1. The minimum absolute atomic E-state index is 0.504. The second kappa shape index (κ2) is 8.55. The van der Waals surface area contributed by atoms with Gasteiger partial charge in [-0.3, -0.25) is 4.98 Å². The minimum Gasteiger partial charge on any atom is -0.256 e. The van der Waals surface area contributed by atoms with Crippen LogP contribution in [0.1, 0.15) is 25.3 Å². The van der Waals surface area contributed by atoms with Crippen molar-refractivity contribution in [3.63, 3.8) is 0 Å². The highest BCUT2D eigenvalue weighted by Gasteiger charge is 2.15. The fourth-order valence-electron chi connectivity index (χ4n) is 4.66. The maximum absolute atomic E-state index is 4.86. The average Bonchev–Trinajstić information content (AvgIpc) is 3.33. The number of nitrogens with zero attached hydrogens (tertiary/aromatic N) is 1. The number of benzene rings is 4. The average molecular weight is 456 g/mol. The molecule has 0 unspecified atom stereocenters. The highest BCUT2D eigenvalue weighted by Crippen LogP contribution is 2.42. The van der Waals surface area contributed by atoms with Gasteiger partial charge in [-0.2, -0.15) is 0 Å². The van der Waals surface area contributed by atoms with Crippen LogP contribution in [0.3, 0.4) is 0 Å². The van der Waals surface area contributed by atoms with Gasteiger partial charge in [0, 0.05) is 32.1 Å². The van der Waals surface area contributed by atoms with E-state index in [0.29, 0.717) is 5.92 Å². The van der Waals surface area contributed by atoms with Gasteiger partial charge in [0.2, 0.25) is 0 Å². The molecule has 0 spiro atoms. The Kier molecular flexibility index (Phi) is 5.24. The summed E-state index contributed by atoms with van der Waals surface area (Å²) in [7, 11) is 0. The zero-order valence-corrected chi connectivity index (χ0v) is 20.1. The lowest BCUT2D eigenvalue weighted by Crippen LogP contribution is -1.91. The molecule has 0 fully saturated rings. The van der Waals surface area contributed by atoms with Crippen molar-refractivity contribution in [2.24, 2.45) is 0 Å². The van der Waals surface area contributed by atoms with Crippen LogP contribution in [0, 0.1) is 0 Å². The number of pyridine rings is 1. The standard InChI is InChI=1S/C32H25NS/c1-21(2)24-13-14-27-25(17-24)15-16-33-32(27)26-18-28(22-9-5-3-6-10-22)29-20-30(34-31(29)19-26)23-11-7-4-8-12-23/h3-21H,1-2H3. The quantitative estimate of drug-likeness (QED) is 0.258. The lowest BCUT2D eigenvalue weighted by Gasteiger charge is -2.12. The van der Waals surface area contributed by atoms with E-state index in [0.717, 1.165) is 11.3 Å². The fourth-order valence-corrected chi connectivity index (χ4v) is 5.79. The first-order valence-electron chi connectivity index (χ1n) is 11.7. The molecule has 0 radical (unpaired) electrons. The summed E-state index contributed by atoms with van der Waals surface area (Å²) in [6.07, 6.45) is 1.94. The Morgan fingerprint density at radius 1 is 0.647 bits per heavy atom. The number of fused-ring (bicyclic) bond motifs is 2. The van der Waals surface area contributed by atoms with Crippen molar-refractivity contribution in [3.8, 4) is 32.8 Å². The highest BCUT2D eigenvalue weighted by molar-refractivity contribution is 7.22. The fraction of sp³-hybridized carbons (Fsp3) is 0.0938. The predicted molar refractivity (Wildman–Crippen MR) is 148 cm³/mol. The molecule has 0 aliphatic heterocycles. The van der Waals surface area contributed by atoms with Crippen LogP contribution in [0.2, 0.25) is 0 Å². The summed E-state index contributed by atoms with van der Waals surface area (Å²) in [4.78, 5) is 6.15. The smallest absolute Gasteiger partial charge is 0.0780 e. The third-order valence-electron chi connectivity index (χ3n) is 6.51. The maximum atomic E-state index is 4.86.